The number of carbonyl (C=O) groups excluding carboxylic acids is 1. The maximum Gasteiger partial charge on any atom is 0.260 e. The van der Waals surface area contributed by atoms with Crippen LogP contribution in [0.1, 0.15) is 37.0 Å². The number of nitrogens with zero attached hydrogens (tertiary/aromatic N) is 3. The van der Waals surface area contributed by atoms with Gasteiger partial charge in [-0.2, -0.15) is 4.31 Å². The molecule has 0 N–H and O–H groups in total. The van der Waals surface area contributed by atoms with Crippen LogP contribution < -0.4 is 4.90 Å². The van der Waals surface area contributed by atoms with Crippen LogP contribution in [0.25, 0.3) is 10.2 Å². The predicted molar refractivity (Wildman–Crippen MR) is 127 cm³/mol. The van der Waals surface area contributed by atoms with Crippen molar-refractivity contribution in [1.82, 2.24) is 9.29 Å². The summed E-state index contributed by atoms with van der Waals surface area (Å²) in [7, 11) is -4.07. The van der Waals surface area contributed by atoms with Crippen LogP contribution >= 0.6 is 11.3 Å². The zero-order chi connectivity index (χ0) is 23.6. The number of benzene rings is 2. The van der Waals surface area contributed by atoms with E-state index < -0.39 is 26.6 Å². The standard InChI is InChI=1S/C23H26FN3O4S2/c1-3-26(4-2)33(29,30)21-14-16(11-12-18(21)24)22(28)27(15-17-8-7-13-31-17)23-25-19-9-5-6-10-20(19)32-23/h5-6,9-12,14,17H,3-4,7-8,13,15H2,1-2H3. The molecule has 0 aliphatic carbocycles. The third kappa shape index (κ3) is 4.79. The smallest absolute Gasteiger partial charge is 0.260 e. The number of thiazole rings is 1. The molecule has 0 saturated carbocycles. The molecule has 33 heavy (non-hydrogen) atoms. The SMILES string of the molecule is CCN(CC)S(=O)(=O)c1cc(C(=O)N(CC2CCCO2)c2nc3ccccc3s2)ccc1F. The minimum absolute atomic E-state index is 0.0828. The van der Waals surface area contributed by atoms with E-state index in [2.05, 4.69) is 4.98 Å². The second-order valence-corrected chi connectivity index (χ2v) is 10.7. The summed E-state index contributed by atoms with van der Waals surface area (Å²) in [6.07, 6.45) is 1.59. The number of carbonyl (C=O) groups is 1. The zero-order valence-electron chi connectivity index (χ0n) is 18.5. The van der Waals surface area contributed by atoms with Gasteiger partial charge in [-0.3, -0.25) is 9.69 Å². The van der Waals surface area contributed by atoms with Gasteiger partial charge in [-0.05, 0) is 43.2 Å². The molecule has 0 bridgehead atoms. The Kier molecular flexibility index (Phi) is 7.08. The Morgan fingerprint density at radius 2 is 1.97 bits per heavy atom. The largest absolute Gasteiger partial charge is 0.376 e. The van der Waals surface area contributed by atoms with Gasteiger partial charge in [0.1, 0.15) is 10.7 Å². The molecule has 2 heterocycles. The summed E-state index contributed by atoms with van der Waals surface area (Å²) in [4.78, 5) is 19.2. The van der Waals surface area contributed by atoms with Crippen LogP contribution in [0.3, 0.4) is 0 Å². The topological polar surface area (TPSA) is 79.8 Å². The molecule has 1 aliphatic rings. The van der Waals surface area contributed by atoms with Crippen molar-refractivity contribution in [2.75, 3.05) is 31.1 Å². The number of ether oxygens (including phenoxy) is 1. The van der Waals surface area contributed by atoms with Gasteiger partial charge in [-0.25, -0.2) is 17.8 Å². The molecule has 1 saturated heterocycles. The van der Waals surface area contributed by atoms with Crippen molar-refractivity contribution in [2.24, 2.45) is 0 Å². The highest BCUT2D eigenvalue weighted by Crippen LogP contribution is 2.31. The van der Waals surface area contributed by atoms with E-state index in [-0.39, 0.29) is 31.3 Å². The number of anilines is 1. The van der Waals surface area contributed by atoms with Gasteiger partial charge in [0.15, 0.2) is 5.13 Å². The molecule has 10 heteroatoms. The maximum absolute atomic E-state index is 14.6. The van der Waals surface area contributed by atoms with Crippen LogP contribution in [-0.4, -0.2) is 56.0 Å². The lowest BCUT2D eigenvalue weighted by molar-refractivity contribution is 0.0917. The van der Waals surface area contributed by atoms with Gasteiger partial charge in [0, 0.05) is 25.3 Å². The summed E-state index contributed by atoms with van der Waals surface area (Å²) in [5, 5.41) is 0.495. The van der Waals surface area contributed by atoms with Crippen molar-refractivity contribution in [3.63, 3.8) is 0 Å². The fourth-order valence-corrected chi connectivity index (χ4v) is 6.43. The van der Waals surface area contributed by atoms with Gasteiger partial charge in [-0.15, -0.1) is 0 Å². The molecule has 176 valence electrons. The fraction of sp³-hybridized carbons (Fsp3) is 0.391. The molecule has 2 aromatic carbocycles. The minimum Gasteiger partial charge on any atom is -0.376 e. The zero-order valence-corrected chi connectivity index (χ0v) is 20.2. The molecule has 1 aliphatic heterocycles. The summed E-state index contributed by atoms with van der Waals surface area (Å²) < 4.78 is 48.3. The van der Waals surface area contributed by atoms with Crippen LogP contribution in [0.2, 0.25) is 0 Å². The molecule has 1 aromatic heterocycles. The van der Waals surface area contributed by atoms with Crippen molar-refractivity contribution < 1.29 is 22.3 Å². The Labute approximate surface area is 196 Å². The highest BCUT2D eigenvalue weighted by molar-refractivity contribution is 7.89. The van der Waals surface area contributed by atoms with E-state index >= 15 is 0 Å². The van der Waals surface area contributed by atoms with Crippen molar-refractivity contribution in [3.05, 3.63) is 53.8 Å². The Balaban J connectivity index is 1.74. The molecule has 7 nitrogen and oxygen atoms in total. The summed E-state index contributed by atoms with van der Waals surface area (Å²) in [5.74, 6) is -1.33. The van der Waals surface area contributed by atoms with Gasteiger partial charge in [0.05, 0.1) is 22.9 Å². The molecule has 1 unspecified atom stereocenters. The van der Waals surface area contributed by atoms with Crippen molar-refractivity contribution in [1.29, 1.82) is 0 Å². The summed E-state index contributed by atoms with van der Waals surface area (Å²) in [6.45, 7) is 4.69. The molecular weight excluding hydrogens is 465 g/mol. The number of rotatable bonds is 8. The summed E-state index contributed by atoms with van der Waals surface area (Å²) in [5.41, 5.74) is 0.853. The number of amides is 1. The van der Waals surface area contributed by atoms with Crippen LogP contribution in [0, 0.1) is 5.82 Å². The lowest BCUT2D eigenvalue weighted by atomic mass is 10.1. The van der Waals surface area contributed by atoms with Gasteiger partial charge < -0.3 is 4.74 Å². The molecular formula is C23H26FN3O4S2. The monoisotopic (exact) mass is 491 g/mol. The summed E-state index contributed by atoms with van der Waals surface area (Å²) in [6, 6.07) is 11.1. The lowest BCUT2D eigenvalue weighted by Gasteiger charge is -2.24. The van der Waals surface area contributed by atoms with Crippen LogP contribution in [-0.2, 0) is 14.8 Å². The second kappa shape index (κ2) is 9.84. The fourth-order valence-electron chi connectivity index (χ4n) is 3.91. The summed E-state index contributed by atoms with van der Waals surface area (Å²) >= 11 is 1.37. The number of para-hydroxylation sites is 1. The number of aromatic nitrogens is 1. The maximum atomic E-state index is 14.6. The van der Waals surface area contributed by atoms with Gasteiger partial charge >= 0.3 is 0 Å². The van der Waals surface area contributed by atoms with E-state index in [0.29, 0.717) is 11.7 Å². The first-order valence-electron chi connectivity index (χ1n) is 10.9. The van der Waals surface area contributed by atoms with E-state index in [0.717, 1.165) is 39.5 Å². The lowest BCUT2D eigenvalue weighted by Crippen LogP contribution is -2.37. The van der Waals surface area contributed by atoms with Crippen LogP contribution in [0.15, 0.2) is 47.4 Å². The van der Waals surface area contributed by atoms with Gasteiger partial charge in [0.25, 0.3) is 5.91 Å². The minimum atomic E-state index is -4.07. The molecule has 1 fully saturated rings. The van der Waals surface area contributed by atoms with Crippen LogP contribution in [0.5, 0.6) is 0 Å². The van der Waals surface area contributed by atoms with Crippen molar-refractivity contribution in [3.8, 4) is 0 Å². The highest BCUT2D eigenvalue weighted by Gasteiger charge is 2.30. The van der Waals surface area contributed by atoms with Crippen molar-refractivity contribution in [2.45, 2.75) is 37.7 Å². The quantitative estimate of drug-likeness (QED) is 0.470. The van der Waals surface area contributed by atoms with E-state index in [1.165, 1.54) is 22.3 Å². The molecule has 0 spiro atoms. The Hall–Kier alpha value is -2.40. The van der Waals surface area contributed by atoms with E-state index in [1.807, 2.05) is 24.3 Å². The molecule has 4 rings (SSSR count). The van der Waals surface area contributed by atoms with Crippen molar-refractivity contribution >= 4 is 42.6 Å². The number of fused-ring (bicyclic) bond motifs is 1. The first-order chi connectivity index (χ1) is 15.8. The molecule has 1 amide bonds. The molecule has 0 radical (unpaired) electrons. The number of halogens is 1. The van der Waals surface area contributed by atoms with E-state index in [4.69, 9.17) is 4.74 Å². The van der Waals surface area contributed by atoms with E-state index in [1.54, 1.807) is 13.8 Å². The second-order valence-electron chi connectivity index (χ2n) is 7.75. The Morgan fingerprint density at radius 1 is 1.21 bits per heavy atom. The average Bonchev–Trinajstić information content (AvgIpc) is 3.47. The number of hydrogen-bond acceptors (Lipinski definition) is 6. The molecule has 3 aromatic rings. The number of hydrogen-bond donors (Lipinski definition) is 0. The van der Waals surface area contributed by atoms with E-state index in [9.17, 15) is 17.6 Å². The average molecular weight is 492 g/mol. The normalized spacial score (nSPS) is 16.5. The van der Waals surface area contributed by atoms with Crippen LogP contribution in [0.4, 0.5) is 9.52 Å². The van der Waals surface area contributed by atoms with Gasteiger partial charge in [0.2, 0.25) is 10.0 Å². The number of sulfonamides is 1. The first-order valence-corrected chi connectivity index (χ1v) is 13.2. The molecule has 1 atom stereocenters. The Morgan fingerprint density at radius 3 is 2.64 bits per heavy atom. The Bertz CT molecular complexity index is 1220. The predicted octanol–water partition coefficient (Wildman–Crippen LogP) is 4.29. The highest BCUT2D eigenvalue weighted by atomic mass is 32.2. The van der Waals surface area contributed by atoms with Gasteiger partial charge in [-0.1, -0.05) is 37.3 Å². The third-order valence-electron chi connectivity index (χ3n) is 5.67. The first kappa shape index (κ1) is 23.7. The third-order valence-corrected chi connectivity index (χ3v) is 8.79.